The highest BCUT2D eigenvalue weighted by Crippen LogP contribution is 2.23. The predicted octanol–water partition coefficient (Wildman–Crippen LogP) is 14.0. The number of nitrogens with one attached hydrogen (secondary N) is 1. The average Bonchev–Trinajstić information content (AvgIpc) is 3.32. The van der Waals surface area contributed by atoms with Crippen molar-refractivity contribution in [3.05, 3.63) is 12.2 Å². The van der Waals surface area contributed by atoms with Gasteiger partial charge in [0.05, 0.1) is 25.4 Å². The summed E-state index contributed by atoms with van der Waals surface area (Å²) in [4.78, 5) is 13.0. The summed E-state index contributed by atoms with van der Waals surface area (Å²) in [5, 5.41) is 54.3. The smallest absolute Gasteiger partial charge is 0.220 e. The van der Waals surface area contributed by atoms with E-state index in [1.54, 1.807) is 6.08 Å². The van der Waals surface area contributed by atoms with Gasteiger partial charge in [-0.3, -0.25) is 4.79 Å². The first-order chi connectivity index (χ1) is 32.3. The third-order valence-electron chi connectivity index (χ3n) is 14.1. The molecule has 1 saturated heterocycles. The molecule has 1 amide bonds. The largest absolute Gasteiger partial charge is 0.394 e. The summed E-state index contributed by atoms with van der Waals surface area (Å²) in [6.45, 7) is 3.80. The van der Waals surface area contributed by atoms with Gasteiger partial charge in [-0.1, -0.05) is 276 Å². The third kappa shape index (κ3) is 36.9. The van der Waals surface area contributed by atoms with E-state index in [1.165, 1.54) is 231 Å². The predicted molar refractivity (Wildman–Crippen MR) is 277 cm³/mol. The number of ether oxygens (including phenoxy) is 2. The zero-order valence-electron chi connectivity index (χ0n) is 43.5. The fourth-order valence-corrected chi connectivity index (χ4v) is 9.51. The summed E-state index contributed by atoms with van der Waals surface area (Å²) in [6.07, 6.45) is 51.6. The maximum atomic E-state index is 13.0. The molecule has 6 N–H and O–H groups in total. The number of aliphatic hydroxyl groups is 5. The second kappa shape index (κ2) is 47.6. The van der Waals surface area contributed by atoms with Crippen molar-refractivity contribution >= 4 is 5.91 Å². The Morgan fingerprint density at radius 2 is 0.833 bits per heavy atom. The summed E-state index contributed by atoms with van der Waals surface area (Å²) in [5.74, 6) is -0.171. The Labute approximate surface area is 407 Å². The summed E-state index contributed by atoms with van der Waals surface area (Å²) in [6, 6.07) is -0.799. The first kappa shape index (κ1) is 62.9. The highest BCUT2D eigenvalue weighted by molar-refractivity contribution is 5.76. The van der Waals surface area contributed by atoms with Crippen LogP contribution in [0.15, 0.2) is 12.2 Å². The molecule has 2 unspecified atom stereocenters. The summed E-state index contributed by atoms with van der Waals surface area (Å²) < 4.78 is 11.2. The van der Waals surface area contributed by atoms with Crippen LogP contribution in [-0.4, -0.2) is 87.5 Å². The topological polar surface area (TPSA) is 149 Å². The van der Waals surface area contributed by atoms with Crippen LogP contribution in [-0.2, 0) is 14.3 Å². The molecular formula is C57H111NO8. The number of hydrogen-bond donors (Lipinski definition) is 6. The SMILES string of the molecule is CCCCCCCCCCCC/C=C/[C@@H](O)[C@H](CO[C@@H]1O[C@H](CO)[C@H](O)C(O)C1O)NC(=O)CCCCCCCCCCCCCCCCCCCCCCCCCCCCCCCCC. The molecule has 0 aromatic rings. The van der Waals surface area contributed by atoms with Gasteiger partial charge in [0, 0.05) is 6.42 Å². The number of carbonyl (C=O) groups excluding carboxylic acids is 1. The minimum Gasteiger partial charge on any atom is -0.394 e. The molecule has 1 heterocycles. The Balaban J connectivity index is 2.10. The Morgan fingerprint density at radius 1 is 0.500 bits per heavy atom. The van der Waals surface area contributed by atoms with Crippen molar-refractivity contribution in [1.29, 1.82) is 0 Å². The number of aliphatic hydroxyl groups excluding tert-OH is 5. The van der Waals surface area contributed by atoms with Crippen LogP contribution < -0.4 is 5.32 Å². The molecule has 66 heavy (non-hydrogen) atoms. The third-order valence-corrected chi connectivity index (χ3v) is 14.1. The van der Waals surface area contributed by atoms with Gasteiger partial charge in [-0.2, -0.15) is 0 Å². The molecule has 9 nitrogen and oxygen atoms in total. The van der Waals surface area contributed by atoms with E-state index in [0.717, 1.165) is 38.5 Å². The first-order valence-electron chi connectivity index (χ1n) is 28.9. The second-order valence-corrected chi connectivity index (χ2v) is 20.5. The summed E-state index contributed by atoms with van der Waals surface area (Å²) >= 11 is 0. The van der Waals surface area contributed by atoms with E-state index in [9.17, 15) is 30.3 Å². The lowest BCUT2D eigenvalue weighted by atomic mass is 9.99. The molecule has 1 fully saturated rings. The molecule has 0 aliphatic carbocycles. The van der Waals surface area contributed by atoms with Gasteiger partial charge >= 0.3 is 0 Å². The van der Waals surface area contributed by atoms with Gasteiger partial charge in [-0.05, 0) is 19.3 Å². The van der Waals surface area contributed by atoms with Crippen LogP contribution in [0.25, 0.3) is 0 Å². The maximum Gasteiger partial charge on any atom is 0.220 e. The van der Waals surface area contributed by atoms with E-state index in [4.69, 9.17) is 9.47 Å². The molecule has 7 atom stereocenters. The second-order valence-electron chi connectivity index (χ2n) is 20.5. The summed E-state index contributed by atoms with van der Waals surface area (Å²) in [7, 11) is 0. The molecule has 0 bridgehead atoms. The molecule has 9 heteroatoms. The van der Waals surface area contributed by atoms with Crippen molar-refractivity contribution in [2.24, 2.45) is 0 Å². The lowest BCUT2D eigenvalue weighted by molar-refractivity contribution is -0.302. The van der Waals surface area contributed by atoms with E-state index in [2.05, 4.69) is 19.2 Å². The van der Waals surface area contributed by atoms with Gasteiger partial charge in [0.2, 0.25) is 5.91 Å². The number of rotatable bonds is 50. The lowest BCUT2D eigenvalue weighted by Gasteiger charge is -2.40. The fraction of sp³-hybridized carbons (Fsp3) is 0.947. The normalized spacial score (nSPS) is 19.8. The molecule has 0 spiro atoms. The monoisotopic (exact) mass is 938 g/mol. The van der Waals surface area contributed by atoms with Crippen molar-refractivity contribution in [1.82, 2.24) is 5.32 Å². The van der Waals surface area contributed by atoms with Crippen LogP contribution in [0.5, 0.6) is 0 Å². The Morgan fingerprint density at radius 3 is 1.18 bits per heavy atom. The van der Waals surface area contributed by atoms with Gasteiger partial charge in [-0.25, -0.2) is 0 Å². The van der Waals surface area contributed by atoms with E-state index in [0.29, 0.717) is 6.42 Å². The van der Waals surface area contributed by atoms with Crippen LogP contribution in [0.1, 0.15) is 290 Å². The van der Waals surface area contributed by atoms with E-state index in [1.807, 2.05) is 6.08 Å². The zero-order chi connectivity index (χ0) is 48.0. The molecular weight excluding hydrogens is 827 g/mol. The molecule has 0 aromatic heterocycles. The minimum absolute atomic E-state index is 0.171. The molecule has 1 rings (SSSR count). The van der Waals surface area contributed by atoms with E-state index < -0.39 is 49.5 Å². The van der Waals surface area contributed by atoms with Gasteiger partial charge in [0.25, 0.3) is 0 Å². The Hall–Kier alpha value is -1.07. The maximum absolute atomic E-state index is 13.0. The number of allylic oxidation sites excluding steroid dienone is 1. The van der Waals surface area contributed by atoms with Crippen molar-refractivity contribution in [3.63, 3.8) is 0 Å². The Kier molecular flexibility index (Phi) is 45.4. The average molecular weight is 939 g/mol. The van der Waals surface area contributed by atoms with Gasteiger partial charge in [-0.15, -0.1) is 0 Å². The quantitative estimate of drug-likeness (QED) is 0.0261. The molecule has 0 radical (unpaired) electrons. The fourth-order valence-electron chi connectivity index (χ4n) is 9.51. The van der Waals surface area contributed by atoms with Gasteiger partial charge < -0.3 is 40.3 Å². The molecule has 1 aliphatic heterocycles. The lowest BCUT2D eigenvalue weighted by Crippen LogP contribution is -2.60. The van der Waals surface area contributed by atoms with E-state index in [-0.39, 0.29) is 12.5 Å². The number of hydrogen-bond acceptors (Lipinski definition) is 8. The van der Waals surface area contributed by atoms with Crippen molar-refractivity contribution < 1.29 is 39.8 Å². The van der Waals surface area contributed by atoms with Crippen LogP contribution in [0, 0.1) is 0 Å². The van der Waals surface area contributed by atoms with Crippen molar-refractivity contribution in [3.8, 4) is 0 Å². The minimum atomic E-state index is -1.56. The molecule has 1 aliphatic rings. The standard InChI is InChI=1S/C57H111NO8/c1-3-5-7-9-11-13-15-17-18-19-20-21-22-23-24-25-26-27-28-29-30-31-32-33-34-35-37-39-41-43-45-47-53(61)58-50(49-65-57-56(64)55(63)54(62)52(48-59)66-57)51(60)46-44-42-40-38-36-16-14-12-10-8-6-4-2/h44,46,50-52,54-57,59-60,62-64H,3-43,45,47-49H2,1-2H3,(H,58,61)/b46-44+/t50-,51+,52+,54-,55?,56?,57+/m0/s1. The zero-order valence-corrected chi connectivity index (χ0v) is 43.5. The molecule has 392 valence electrons. The first-order valence-corrected chi connectivity index (χ1v) is 28.9. The number of amides is 1. The number of unbranched alkanes of at least 4 members (excludes halogenated alkanes) is 40. The van der Waals surface area contributed by atoms with Crippen LogP contribution in [0.4, 0.5) is 0 Å². The highest BCUT2D eigenvalue weighted by Gasteiger charge is 2.44. The molecule has 0 saturated carbocycles. The van der Waals surface area contributed by atoms with Gasteiger partial charge in [0.1, 0.15) is 24.4 Å². The highest BCUT2D eigenvalue weighted by atomic mass is 16.7. The number of carbonyl (C=O) groups is 1. The van der Waals surface area contributed by atoms with Crippen LogP contribution >= 0.6 is 0 Å². The van der Waals surface area contributed by atoms with Crippen LogP contribution in [0.3, 0.4) is 0 Å². The van der Waals surface area contributed by atoms with Crippen molar-refractivity contribution in [2.45, 2.75) is 333 Å². The van der Waals surface area contributed by atoms with Gasteiger partial charge in [0.15, 0.2) is 6.29 Å². The van der Waals surface area contributed by atoms with Crippen molar-refractivity contribution in [2.75, 3.05) is 13.2 Å². The summed E-state index contributed by atoms with van der Waals surface area (Å²) in [5.41, 5.74) is 0. The Bertz CT molecular complexity index is 1040. The van der Waals surface area contributed by atoms with E-state index >= 15 is 0 Å². The van der Waals surface area contributed by atoms with Crippen LogP contribution in [0.2, 0.25) is 0 Å². The molecule has 0 aromatic carbocycles.